The number of aliphatic hydroxyl groups is 1. The lowest BCUT2D eigenvalue weighted by molar-refractivity contribution is 0.191. The van der Waals surface area contributed by atoms with Crippen LogP contribution in [0.15, 0.2) is 24.8 Å². The number of hydrogen-bond donors (Lipinski definition) is 1. The molecule has 0 saturated heterocycles. The first-order valence-corrected chi connectivity index (χ1v) is 5.40. The van der Waals surface area contributed by atoms with E-state index in [4.69, 9.17) is 0 Å². The van der Waals surface area contributed by atoms with Crippen molar-refractivity contribution < 1.29 is 5.11 Å². The first-order chi connectivity index (χ1) is 7.74. The van der Waals surface area contributed by atoms with E-state index in [0.29, 0.717) is 11.6 Å². The van der Waals surface area contributed by atoms with Gasteiger partial charge in [-0.1, -0.05) is 6.92 Å². The fourth-order valence-electron chi connectivity index (χ4n) is 1.75. The maximum Gasteiger partial charge on any atom is 0.169 e. The van der Waals surface area contributed by atoms with Crippen LogP contribution in [0.1, 0.15) is 31.1 Å². The molecule has 2 heterocycles. The second-order valence-electron chi connectivity index (χ2n) is 3.78. The van der Waals surface area contributed by atoms with Crippen molar-refractivity contribution in [1.29, 1.82) is 0 Å². The number of rotatable bonds is 4. The molecule has 5 heteroatoms. The van der Waals surface area contributed by atoms with Gasteiger partial charge in [0.25, 0.3) is 0 Å². The van der Waals surface area contributed by atoms with Crippen molar-refractivity contribution in [3.8, 4) is 0 Å². The number of imidazole rings is 2. The number of aromatic nitrogens is 4. The maximum atomic E-state index is 10.2. The van der Waals surface area contributed by atoms with Gasteiger partial charge >= 0.3 is 0 Å². The fraction of sp³-hybridized carbons (Fsp3) is 0.455. The minimum absolute atomic E-state index is 0.614. The molecule has 0 aliphatic rings. The monoisotopic (exact) mass is 220 g/mol. The van der Waals surface area contributed by atoms with Gasteiger partial charge in [0, 0.05) is 38.4 Å². The third kappa shape index (κ3) is 1.86. The lowest BCUT2D eigenvalue weighted by atomic mass is 10.3. The van der Waals surface area contributed by atoms with Crippen LogP contribution >= 0.6 is 0 Å². The predicted octanol–water partition coefficient (Wildman–Crippen LogP) is 1.11. The highest BCUT2D eigenvalue weighted by Gasteiger charge is 2.19. The summed E-state index contributed by atoms with van der Waals surface area (Å²) in [5.74, 6) is 1.26. The van der Waals surface area contributed by atoms with Gasteiger partial charge in [-0.15, -0.1) is 0 Å². The first kappa shape index (κ1) is 10.9. The summed E-state index contributed by atoms with van der Waals surface area (Å²) in [5, 5.41) is 10.2. The van der Waals surface area contributed by atoms with Crippen LogP contribution in [-0.4, -0.2) is 24.2 Å². The predicted molar refractivity (Wildman–Crippen MR) is 59.8 cm³/mol. The molecule has 0 saturated carbocycles. The molecule has 2 aromatic rings. The molecular weight excluding hydrogens is 204 g/mol. The standard InChI is InChI=1S/C11H16N4O/c1-3-6-15-8-5-13-11(15)9(16)10-12-4-7-14(10)2/h4-5,7-9,16H,3,6H2,1-2H3. The Hall–Kier alpha value is -1.62. The molecule has 1 unspecified atom stereocenters. The van der Waals surface area contributed by atoms with E-state index in [2.05, 4.69) is 16.9 Å². The Kier molecular flexibility index (Phi) is 3.05. The highest BCUT2D eigenvalue weighted by atomic mass is 16.3. The number of nitrogens with zero attached hydrogens (tertiary/aromatic N) is 4. The molecule has 5 nitrogen and oxygen atoms in total. The van der Waals surface area contributed by atoms with E-state index >= 15 is 0 Å². The number of aliphatic hydroxyl groups excluding tert-OH is 1. The molecule has 0 aliphatic heterocycles. The van der Waals surface area contributed by atoms with Crippen molar-refractivity contribution in [2.24, 2.45) is 7.05 Å². The van der Waals surface area contributed by atoms with Gasteiger partial charge in [-0.25, -0.2) is 9.97 Å². The third-order valence-electron chi connectivity index (χ3n) is 2.56. The molecule has 1 N–H and O–H groups in total. The van der Waals surface area contributed by atoms with Crippen molar-refractivity contribution in [2.45, 2.75) is 26.0 Å². The molecule has 16 heavy (non-hydrogen) atoms. The van der Waals surface area contributed by atoms with E-state index in [-0.39, 0.29) is 0 Å². The van der Waals surface area contributed by atoms with E-state index in [1.54, 1.807) is 17.0 Å². The zero-order chi connectivity index (χ0) is 11.5. The van der Waals surface area contributed by atoms with Gasteiger partial charge in [-0.3, -0.25) is 0 Å². The lowest BCUT2D eigenvalue weighted by Gasteiger charge is -2.12. The number of aryl methyl sites for hydroxylation is 2. The van der Waals surface area contributed by atoms with Gasteiger partial charge in [0.05, 0.1) is 0 Å². The number of hydrogen-bond acceptors (Lipinski definition) is 3. The second-order valence-corrected chi connectivity index (χ2v) is 3.78. The Morgan fingerprint density at radius 3 is 2.56 bits per heavy atom. The third-order valence-corrected chi connectivity index (χ3v) is 2.56. The van der Waals surface area contributed by atoms with Gasteiger partial charge in [-0.2, -0.15) is 0 Å². The topological polar surface area (TPSA) is 55.9 Å². The van der Waals surface area contributed by atoms with Crippen LogP contribution in [0, 0.1) is 0 Å². The molecule has 2 rings (SSSR count). The van der Waals surface area contributed by atoms with Crippen molar-refractivity contribution in [3.63, 3.8) is 0 Å². The molecule has 0 spiro atoms. The van der Waals surface area contributed by atoms with E-state index in [1.807, 2.05) is 24.0 Å². The molecule has 0 aliphatic carbocycles. The Morgan fingerprint density at radius 2 is 1.94 bits per heavy atom. The Balaban J connectivity index is 2.30. The molecule has 0 amide bonds. The van der Waals surface area contributed by atoms with Crippen LogP contribution in [0.2, 0.25) is 0 Å². The quantitative estimate of drug-likeness (QED) is 0.839. The highest BCUT2D eigenvalue weighted by Crippen LogP contribution is 2.18. The van der Waals surface area contributed by atoms with Crippen LogP contribution in [0.25, 0.3) is 0 Å². The summed E-state index contributed by atoms with van der Waals surface area (Å²) in [6.07, 6.45) is 7.32. The van der Waals surface area contributed by atoms with Crippen LogP contribution in [0.3, 0.4) is 0 Å². The highest BCUT2D eigenvalue weighted by molar-refractivity contribution is 5.09. The van der Waals surface area contributed by atoms with Crippen molar-refractivity contribution in [3.05, 3.63) is 36.4 Å². The minimum Gasteiger partial charge on any atom is -0.377 e. The summed E-state index contributed by atoms with van der Waals surface area (Å²) < 4.78 is 3.76. The van der Waals surface area contributed by atoms with Crippen LogP contribution in [-0.2, 0) is 13.6 Å². The van der Waals surface area contributed by atoms with E-state index in [1.165, 1.54) is 0 Å². The van der Waals surface area contributed by atoms with Gasteiger partial charge in [0.2, 0.25) is 0 Å². The van der Waals surface area contributed by atoms with Crippen molar-refractivity contribution >= 4 is 0 Å². The van der Waals surface area contributed by atoms with Crippen LogP contribution in [0.4, 0.5) is 0 Å². The summed E-state index contributed by atoms with van der Waals surface area (Å²) in [4.78, 5) is 8.32. The molecule has 0 bridgehead atoms. The molecular formula is C11H16N4O. The molecule has 0 radical (unpaired) electrons. The minimum atomic E-state index is -0.762. The zero-order valence-corrected chi connectivity index (χ0v) is 9.54. The van der Waals surface area contributed by atoms with Gasteiger partial charge in [0.15, 0.2) is 6.10 Å². The first-order valence-electron chi connectivity index (χ1n) is 5.40. The molecule has 2 aromatic heterocycles. The average Bonchev–Trinajstić information content (AvgIpc) is 2.87. The largest absolute Gasteiger partial charge is 0.377 e. The molecule has 0 fully saturated rings. The summed E-state index contributed by atoms with van der Waals surface area (Å²) in [6.45, 7) is 2.95. The van der Waals surface area contributed by atoms with Crippen LogP contribution < -0.4 is 0 Å². The summed E-state index contributed by atoms with van der Waals surface area (Å²) in [7, 11) is 1.86. The SMILES string of the molecule is CCCn1ccnc1C(O)c1nccn1C. The zero-order valence-electron chi connectivity index (χ0n) is 9.54. The van der Waals surface area contributed by atoms with Gasteiger partial charge in [0.1, 0.15) is 11.6 Å². The van der Waals surface area contributed by atoms with E-state index in [9.17, 15) is 5.11 Å². The summed E-state index contributed by atoms with van der Waals surface area (Å²) in [6, 6.07) is 0. The van der Waals surface area contributed by atoms with E-state index in [0.717, 1.165) is 13.0 Å². The summed E-state index contributed by atoms with van der Waals surface area (Å²) in [5.41, 5.74) is 0. The van der Waals surface area contributed by atoms with E-state index < -0.39 is 6.10 Å². The smallest absolute Gasteiger partial charge is 0.169 e. The summed E-state index contributed by atoms with van der Waals surface area (Å²) >= 11 is 0. The fourth-order valence-corrected chi connectivity index (χ4v) is 1.75. The second kappa shape index (κ2) is 4.49. The molecule has 1 atom stereocenters. The van der Waals surface area contributed by atoms with Gasteiger partial charge in [-0.05, 0) is 6.42 Å². The molecule has 86 valence electrons. The Labute approximate surface area is 94.4 Å². The Morgan fingerprint density at radius 1 is 1.25 bits per heavy atom. The lowest BCUT2D eigenvalue weighted by Crippen LogP contribution is -2.13. The maximum absolute atomic E-state index is 10.2. The van der Waals surface area contributed by atoms with Crippen molar-refractivity contribution in [2.75, 3.05) is 0 Å². The van der Waals surface area contributed by atoms with Crippen LogP contribution in [0.5, 0.6) is 0 Å². The van der Waals surface area contributed by atoms with Gasteiger partial charge < -0.3 is 14.2 Å². The average molecular weight is 220 g/mol. The normalized spacial score (nSPS) is 12.9. The Bertz CT molecular complexity index is 460. The molecule has 0 aromatic carbocycles. The van der Waals surface area contributed by atoms with Crippen molar-refractivity contribution in [1.82, 2.24) is 19.1 Å².